The summed E-state index contributed by atoms with van der Waals surface area (Å²) in [6, 6.07) is 5.61. The number of nitrogens with zero attached hydrogens (tertiary/aromatic N) is 2. The van der Waals surface area contributed by atoms with E-state index in [2.05, 4.69) is 15.2 Å². The van der Waals surface area contributed by atoms with Gasteiger partial charge in [0.2, 0.25) is 5.91 Å². The quantitative estimate of drug-likeness (QED) is 0.633. The number of carbonyl (C=O) groups is 1. The Morgan fingerprint density at radius 3 is 2.61 bits per heavy atom. The molecule has 1 amide bonds. The Morgan fingerprint density at radius 1 is 1.32 bits per heavy atom. The van der Waals surface area contributed by atoms with E-state index < -0.39 is 29.4 Å². The normalized spacial score (nSPS) is 14.4. The molecule has 1 aromatic heterocycles. The third-order valence-corrected chi connectivity index (χ3v) is 4.46. The van der Waals surface area contributed by atoms with Crippen LogP contribution in [-0.4, -0.2) is 22.3 Å². The molecule has 0 radical (unpaired) electrons. The van der Waals surface area contributed by atoms with E-state index in [4.69, 9.17) is 11.6 Å². The van der Waals surface area contributed by atoms with Crippen LogP contribution in [0.2, 0.25) is 5.02 Å². The van der Waals surface area contributed by atoms with Crippen LogP contribution in [0.3, 0.4) is 0 Å². The smallest absolute Gasteiger partial charge is 0.433 e. The Labute approximate surface area is 161 Å². The number of ether oxygens (including phenoxy) is 1. The molecule has 1 aromatic carbocycles. The summed E-state index contributed by atoms with van der Waals surface area (Å²) in [5, 5.41) is 5.50. The largest absolute Gasteiger partial charge is 0.436 e. The molecule has 0 unspecified atom stereocenters. The molecule has 0 bridgehead atoms. The van der Waals surface area contributed by atoms with Crippen molar-refractivity contribution in [3.63, 3.8) is 0 Å². The molecule has 3 rings (SSSR count). The molecule has 1 N–H and O–H groups in total. The predicted octanol–water partition coefficient (Wildman–Crippen LogP) is 5.06. The lowest BCUT2D eigenvalue weighted by Gasteiger charge is -2.12. The van der Waals surface area contributed by atoms with Gasteiger partial charge in [-0.3, -0.25) is 9.48 Å². The second kappa shape index (κ2) is 7.94. The zero-order valence-corrected chi connectivity index (χ0v) is 15.0. The van der Waals surface area contributed by atoms with Crippen molar-refractivity contribution in [3.05, 3.63) is 40.7 Å². The summed E-state index contributed by atoms with van der Waals surface area (Å²) < 4.78 is 69.4. The highest BCUT2D eigenvalue weighted by Gasteiger charge is 2.42. The van der Waals surface area contributed by atoms with Crippen LogP contribution in [0.4, 0.5) is 27.6 Å². The van der Waals surface area contributed by atoms with E-state index in [1.165, 1.54) is 24.3 Å². The zero-order valence-electron chi connectivity index (χ0n) is 14.3. The summed E-state index contributed by atoms with van der Waals surface area (Å²) in [5.74, 6) is -0.919. The molecular weight excluding hydrogens is 409 g/mol. The second-order valence-corrected chi connectivity index (χ2v) is 6.59. The third-order valence-electron chi connectivity index (χ3n) is 4.09. The average molecular weight is 424 g/mol. The van der Waals surface area contributed by atoms with E-state index in [9.17, 15) is 26.7 Å². The van der Waals surface area contributed by atoms with Gasteiger partial charge in [0, 0.05) is 12.3 Å². The van der Waals surface area contributed by atoms with Gasteiger partial charge in [-0.25, -0.2) is 0 Å². The summed E-state index contributed by atoms with van der Waals surface area (Å²) >= 11 is 5.87. The fraction of sp³-hybridized carbons (Fsp3) is 0.412. The molecule has 152 valence electrons. The molecule has 2 aromatic rings. The lowest BCUT2D eigenvalue weighted by Crippen LogP contribution is -2.17. The highest BCUT2D eigenvalue weighted by molar-refractivity contribution is 6.32. The summed E-state index contributed by atoms with van der Waals surface area (Å²) in [4.78, 5) is 12.2. The summed E-state index contributed by atoms with van der Waals surface area (Å²) in [6.45, 7) is -3.20. The molecular formula is C17H15ClF5N3O2. The number of carbonyl (C=O) groups excluding carboxylic acids is 1. The number of para-hydroxylation sites is 2. The fourth-order valence-corrected chi connectivity index (χ4v) is 3.14. The molecule has 5 nitrogen and oxygen atoms in total. The fourth-order valence-electron chi connectivity index (χ4n) is 2.74. The van der Waals surface area contributed by atoms with Crippen molar-refractivity contribution in [2.45, 2.75) is 44.5 Å². The van der Waals surface area contributed by atoms with Gasteiger partial charge in [-0.15, -0.1) is 0 Å². The van der Waals surface area contributed by atoms with Crippen molar-refractivity contribution in [3.8, 4) is 5.75 Å². The third kappa shape index (κ3) is 4.73. The van der Waals surface area contributed by atoms with Crippen LogP contribution in [0, 0.1) is 0 Å². The Bertz CT molecular complexity index is 865. The van der Waals surface area contributed by atoms with Crippen molar-refractivity contribution in [1.29, 1.82) is 0 Å². The average Bonchev–Trinajstić information content (AvgIpc) is 3.36. The molecule has 0 aliphatic heterocycles. The molecule has 1 fully saturated rings. The zero-order chi connectivity index (χ0) is 20.5. The van der Waals surface area contributed by atoms with Crippen molar-refractivity contribution < 1.29 is 31.5 Å². The van der Waals surface area contributed by atoms with Crippen LogP contribution in [0.1, 0.15) is 36.6 Å². The summed E-state index contributed by atoms with van der Waals surface area (Å²) in [7, 11) is 0. The first-order valence-corrected chi connectivity index (χ1v) is 8.71. The van der Waals surface area contributed by atoms with Crippen molar-refractivity contribution in [1.82, 2.24) is 9.78 Å². The van der Waals surface area contributed by atoms with E-state index in [1.54, 1.807) is 0 Å². The molecule has 1 aliphatic carbocycles. The number of alkyl halides is 5. The Hall–Kier alpha value is -2.36. The lowest BCUT2D eigenvalue weighted by atomic mass is 10.2. The maximum Gasteiger partial charge on any atom is 0.436 e. The predicted molar refractivity (Wildman–Crippen MR) is 90.5 cm³/mol. The highest BCUT2D eigenvalue weighted by Crippen LogP contribution is 2.46. The van der Waals surface area contributed by atoms with E-state index in [0.717, 1.165) is 4.68 Å². The van der Waals surface area contributed by atoms with Gasteiger partial charge in [-0.05, 0) is 25.0 Å². The van der Waals surface area contributed by atoms with Crippen molar-refractivity contribution in [2.24, 2.45) is 0 Å². The first kappa shape index (κ1) is 20.4. The van der Waals surface area contributed by atoms with Crippen molar-refractivity contribution >= 4 is 23.2 Å². The number of halogens is 6. The van der Waals surface area contributed by atoms with E-state index in [-0.39, 0.29) is 36.0 Å². The number of nitrogens with one attached hydrogen (secondary N) is 1. The first-order valence-electron chi connectivity index (χ1n) is 8.34. The van der Waals surface area contributed by atoms with Crippen LogP contribution in [0.5, 0.6) is 5.75 Å². The Morgan fingerprint density at radius 2 is 2.00 bits per heavy atom. The number of amides is 1. The van der Waals surface area contributed by atoms with Crippen LogP contribution < -0.4 is 10.1 Å². The molecule has 28 heavy (non-hydrogen) atoms. The monoisotopic (exact) mass is 423 g/mol. The van der Waals surface area contributed by atoms with Crippen LogP contribution >= 0.6 is 11.6 Å². The standard InChI is InChI=1S/C17H15ClF5N3O2/c18-13-14(9-5-6-9)26(25-15(13)17(21,22)23)8-7-12(27)24-10-3-1-2-4-11(10)28-16(19)20/h1-4,9,16H,5-8H2,(H,24,27). The van der Waals surface area contributed by atoms with Crippen LogP contribution in [0.15, 0.2) is 24.3 Å². The Kier molecular flexibility index (Phi) is 5.78. The summed E-state index contributed by atoms with van der Waals surface area (Å²) in [5.41, 5.74) is -0.875. The molecule has 0 spiro atoms. The van der Waals surface area contributed by atoms with E-state index in [1.807, 2.05) is 0 Å². The number of rotatable bonds is 7. The summed E-state index contributed by atoms with van der Waals surface area (Å²) in [6.07, 6.45) is -3.52. The minimum Gasteiger partial charge on any atom is -0.433 e. The van der Waals surface area contributed by atoms with E-state index in [0.29, 0.717) is 12.8 Å². The number of anilines is 1. The second-order valence-electron chi connectivity index (χ2n) is 6.22. The molecule has 11 heteroatoms. The maximum absolute atomic E-state index is 13.0. The molecule has 1 saturated carbocycles. The highest BCUT2D eigenvalue weighted by atomic mass is 35.5. The van der Waals surface area contributed by atoms with Crippen LogP contribution in [0.25, 0.3) is 0 Å². The minimum absolute atomic E-state index is 0.0321. The van der Waals surface area contributed by atoms with Gasteiger partial charge in [0.15, 0.2) is 5.69 Å². The van der Waals surface area contributed by atoms with Gasteiger partial charge < -0.3 is 10.1 Å². The number of aryl methyl sites for hydroxylation is 1. The molecule has 0 atom stereocenters. The first-order chi connectivity index (χ1) is 13.2. The number of aromatic nitrogens is 2. The van der Waals surface area contributed by atoms with Gasteiger partial charge >= 0.3 is 12.8 Å². The van der Waals surface area contributed by atoms with Gasteiger partial charge in [0.1, 0.15) is 5.75 Å². The Balaban J connectivity index is 1.70. The molecule has 1 aliphatic rings. The van der Waals surface area contributed by atoms with Gasteiger partial charge in [0.25, 0.3) is 0 Å². The van der Waals surface area contributed by atoms with Crippen molar-refractivity contribution in [2.75, 3.05) is 5.32 Å². The maximum atomic E-state index is 13.0. The molecule has 0 saturated heterocycles. The van der Waals surface area contributed by atoms with Crippen LogP contribution in [-0.2, 0) is 17.5 Å². The van der Waals surface area contributed by atoms with Gasteiger partial charge in [-0.2, -0.15) is 27.1 Å². The number of hydrogen-bond acceptors (Lipinski definition) is 3. The lowest BCUT2D eigenvalue weighted by molar-refractivity contribution is -0.141. The number of hydrogen-bond donors (Lipinski definition) is 1. The van der Waals surface area contributed by atoms with Gasteiger partial charge in [0.05, 0.1) is 22.9 Å². The SMILES string of the molecule is O=C(CCn1nc(C(F)(F)F)c(Cl)c1C1CC1)Nc1ccccc1OC(F)F. The van der Waals surface area contributed by atoms with E-state index >= 15 is 0 Å². The van der Waals surface area contributed by atoms with Gasteiger partial charge in [-0.1, -0.05) is 23.7 Å². The molecule has 1 heterocycles. The topological polar surface area (TPSA) is 56.2 Å². The minimum atomic E-state index is -4.69. The number of benzene rings is 1.